The predicted molar refractivity (Wildman–Crippen MR) is 94.8 cm³/mol. The number of rotatable bonds is 4. The normalized spacial score (nSPS) is 18.5. The summed E-state index contributed by atoms with van der Waals surface area (Å²) < 4.78 is 0. The Morgan fingerprint density at radius 3 is 2.35 bits per heavy atom. The van der Waals surface area contributed by atoms with Crippen LogP contribution in [0.2, 0.25) is 0 Å². The first-order valence-corrected chi connectivity index (χ1v) is 8.84. The molecule has 1 saturated heterocycles. The quantitative estimate of drug-likeness (QED) is 0.923. The van der Waals surface area contributed by atoms with Crippen LogP contribution in [-0.4, -0.2) is 29.1 Å². The smallest absolute Gasteiger partial charge is 0.163 e. The molecule has 0 bridgehead atoms. The fraction of sp³-hybridized carbons (Fsp3) is 0.474. The van der Waals surface area contributed by atoms with Crippen LogP contribution in [0.4, 0.5) is 11.6 Å². The van der Waals surface area contributed by atoms with Crippen LogP contribution in [0.15, 0.2) is 36.4 Å². The number of nitrogens with zero attached hydrogens (tertiary/aromatic N) is 3. The highest BCUT2D eigenvalue weighted by molar-refractivity contribution is 5.62. The van der Waals surface area contributed by atoms with Gasteiger partial charge in [-0.1, -0.05) is 43.2 Å². The van der Waals surface area contributed by atoms with Crippen LogP contribution < -0.4 is 10.2 Å². The molecule has 0 spiro atoms. The predicted octanol–water partition coefficient (Wildman–Crippen LogP) is 4.10. The van der Waals surface area contributed by atoms with Gasteiger partial charge in [-0.25, -0.2) is 9.97 Å². The van der Waals surface area contributed by atoms with Crippen molar-refractivity contribution in [2.45, 2.75) is 44.6 Å². The number of aromatic nitrogens is 2. The molecule has 1 aliphatic heterocycles. The molecule has 0 radical (unpaired) electrons. The minimum absolute atomic E-state index is 0.602. The van der Waals surface area contributed by atoms with E-state index in [9.17, 15) is 0 Å². The van der Waals surface area contributed by atoms with Crippen molar-refractivity contribution < 1.29 is 0 Å². The van der Waals surface area contributed by atoms with Crippen LogP contribution in [0.1, 0.15) is 38.5 Å². The Labute approximate surface area is 138 Å². The van der Waals surface area contributed by atoms with Gasteiger partial charge in [0.2, 0.25) is 0 Å². The van der Waals surface area contributed by atoms with E-state index in [1.807, 2.05) is 18.2 Å². The molecule has 0 amide bonds. The molecule has 2 heterocycles. The van der Waals surface area contributed by atoms with Crippen molar-refractivity contribution >= 4 is 11.6 Å². The van der Waals surface area contributed by atoms with Crippen molar-refractivity contribution in [1.29, 1.82) is 0 Å². The van der Waals surface area contributed by atoms with E-state index in [2.05, 4.69) is 28.4 Å². The van der Waals surface area contributed by atoms with Gasteiger partial charge in [0.1, 0.15) is 11.6 Å². The van der Waals surface area contributed by atoms with Gasteiger partial charge in [-0.15, -0.1) is 0 Å². The summed E-state index contributed by atoms with van der Waals surface area (Å²) in [4.78, 5) is 12.1. The van der Waals surface area contributed by atoms with E-state index in [1.54, 1.807) is 0 Å². The van der Waals surface area contributed by atoms with E-state index in [4.69, 9.17) is 9.97 Å². The summed E-state index contributed by atoms with van der Waals surface area (Å²) in [7, 11) is 0. The monoisotopic (exact) mass is 308 g/mol. The van der Waals surface area contributed by atoms with Gasteiger partial charge in [0.15, 0.2) is 5.82 Å². The fourth-order valence-electron chi connectivity index (χ4n) is 3.12. The molecule has 1 aliphatic carbocycles. The lowest BCUT2D eigenvalue weighted by molar-refractivity contribution is 0.726. The Kier molecular flexibility index (Phi) is 4.14. The SMILES string of the molecule is c1ccc(-c2nc(NC3CC3)cc(N3CCCCCC3)n2)cc1. The topological polar surface area (TPSA) is 41.1 Å². The van der Waals surface area contributed by atoms with Gasteiger partial charge < -0.3 is 10.2 Å². The molecule has 0 atom stereocenters. The molecule has 23 heavy (non-hydrogen) atoms. The van der Waals surface area contributed by atoms with E-state index < -0.39 is 0 Å². The molecule has 0 unspecified atom stereocenters. The molecule has 120 valence electrons. The zero-order chi connectivity index (χ0) is 15.5. The molecule has 4 rings (SSSR count). The van der Waals surface area contributed by atoms with Gasteiger partial charge in [-0.05, 0) is 25.7 Å². The third-order valence-corrected chi connectivity index (χ3v) is 4.60. The highest BCUT2D eigenvalue weighted by Gasteiger charge is 2.22. The minimum Gasteiger partial charge on any atom is -0.367 e. The van der Waals surface area contributed by atoms with Crippen molar-refractivity contribution in [2.75, 3.05) is 23.3 Å². The zero-order valence-corrected chi connectivity index (χ0v) is 13.5. The van der Waals surface area contributed by atoms with Crippen LogP contribution in [0, 0.1) is 0 Å². The first-order valence-electron chi connectivity index (χ1n) is 8.84. The second-order valence-corrected chi connectivity index (χ2v) is 6.62. The van der Waals surface area contributed by atoms with E-state index in [0.717, 1.165) is 36.1 Å². The molecule has 4 heteroatoms. The Bertz CT molecular complexity index is 644. The van der Waals surface area contributed by atoms with Crippen molar-refractivity contribution in [1.82, 2.24) is 9.97 Å². The Morgan fingerprint density at radius 2 is 1.65 bits per heavy atom. The number of hydrogen-bond donors (Lipinski definition) is 1. The second kappa shape index (κ2) is 6.57. The highest BCUT2D eigenvalue weighted by Crippen LogP contribution is 2.28. The van der Waals surface area contributed by atoms with Crippen molar-refractivity contribution in [3.63, 3.8) is 0 Å². The third kappa shape index (κ3) is 3.63. The van der Waals surface area contributed by atoms with Crippen LogP contribution in [0.5, 0.6) is 0 Å². The molecule has 1 saturated carbocycles. The van der Waals surface area contributed by atoms with Crippen molar-refractivity contribution in [3.05, 3.63) is 36.4 Å². The third-order valence-electron chi connectivity index (χ3n) is 4.60. The standard InChI is InChI=1S/C19H24N4/c1-2-7-13-23(12-6-1)18-14-17(20-16-10-11-16)21-19(22-18)15-8-4-3-5-9-15/h3-5,8-9,14,16H,1-2,6-7,10-13H2,(H,20,21,22). The lowest BCUT2D eigenvalue weighted by Gasteiger charge is -2.22. The Hall–Kier alpha value is -2.10. The summed E-state index contributed by atoms with van der Waals surface area (Å²) in [6, 6.07) is 13.0. The lowest BCUT2D eigenvalue weighted by Crippen LogP contribution is -2.25. The maximum Gasteiger partial charge on any atom is 0.163 e. The van der Waals surface area contributed by atoms with Crippen LogP contribution >= 0.6 is 0 Å². The van der Waals surface area contributed by atoms with Crippen molar-refractivity contribution in [3.8, 4) is 11.4 Å². The van der Waals surface area contributed by atoms with Gasteiger partial charge in [0.05, 0.1) is 0 Å². The van der Waals surface area contributed by atoms with E-state index in [0.29, 0.717) is 6.04 Å². The van der Waals surface area contributed by atoms with E-state index in [-0.39, 0.29) is 0 Å². The lowest BCUT2D eigenvalue weighted by atomic mass is 10.2. The molecule has 1 N–H and O–H groups in total. The minimum atomic E-state index is 0.602. The molecule has 1 aromatic heterocycles. The second-order valence-electron chi connectivity index (χ2n) is 6.62. The number of anilines is 2. The van der Waals surface area contributed by atoms with Gasteiger partial charge >= 0.3 is 0 Å². The summed E-state index contributed by atoms with van der Waals surface area (Å²) in [6.45, 7) is 2.21. The number of nitrogens with one attached hydrogen (secondary N) is 1. The molecule has 2 aliphatic rings. The Balaban J connectivity index is 1.68. The summed E-state index contributed by atoms with van der Waals surface area (Å²) in [5.74, 6) is 2.88. The Morgan fingerprint density at radius 1 is 0.913 bits per heavy atom. The molecule has 2 fully saturated rings. The van der Waals surface area contributed by atoms with Gasteiger partial charge in [-0.3, -0.25) is 0 Å². The summed E-state index contributed by atoms with van der Waals surface area (Å²) >= 11 is 0. The molecular weight excluding hydrogens is 284 g/mol. The average Bonchev–Trinajstić information content (AvgIpc) is 3.42. The van der Waals surface area contributed by atoms with E-state index >= 15 is 0 Å². The van der Waals surface area contributed by atoms with Crippen LogP contribution in [0.25, 0.3) is 11.4 Å². The van der Waals surface area contributed by atoms with Gasteiger partial charge in [0.25, 0.3) is 0 Å². The van der Waals surface area contributed by atoms with E-state index in [1.165, 1.54) is 38.5 Å². The molecule has 1 aromatic carbocycles. The molecule has 2 aromatic rings. The highest BCUT2D eigenvalue weighted by atomic mass is 15.2. The largest absolute Gasteiger partial charge is 0.367 e. The number of hydrogen-bond acceptors (Lipinski definition) is 4. The van der Waals surface area contributed by atoms with Crippen LogP contribution in [0.3, 0.4) is 0 Å². The van der Waals surface area contributed by atoms with Crippen molar-refractivity contribution in [2.24, 2.45) is 0 Å². The maximum atomic E-state index is 4.87. The first-order chi connectivity index (χ1) is 11.4. The molecule has 4 nitrogen and oxygen atoms in total. The number of benzene rings is 1. The van der Waals surface area contributed by atoms with Gasteiger partial charge in [-0.2, -0.15) is 0 Å². The zero-order valence-electron chi connectivity index (χ0n) is 13.5. The summed E-state index contributed by atoms with van der Waals surface area (Å²) in [6.07, 6.45) is 7.69. The average molecular weight is 308 g/mol. The first kappa shape index (κ1) is 14.5. The maximum absolute atomic E-state index is 4.87. The summed E-state index contributed by atoms with van der Waals surface area (Å²) in [5, 5.41) is 3.54. The summed E-state index contributed by atoms with van der Waals surface area (Å²) in [5.41, 5.74) is 1.09. The van der Waals surface area contributed by atoms with Gasteiger partial charge in [0, 0.05) is 30.8 Å². The fourth-order valence-corrected chi connectivity index (χ4v) is 3.12. The van der Waals surface area contributed by atoms with Crippen LogP contribution in [-0.2, 0) is 0 Å². The molecular formula is C19H24N4.